The molecule has 10 heteroatoms. The number of aromatic nitrogens is 3. The van der Waals surface area contributed by atoms with Crippen LogP contribution in [-0.4, -0.2) is 23.6 Å². The monoisotopic (exact) mass is 429 g/mol. The summed E-state index contributed by atoms with van der Waals surface area (Å²) in [6.07, 6.45) is 0. The molecule has 28 heavy (non-hydrogen) atoms. The number of nitrogens with two attached hydrogens (primary N) is 1. The highest BCUT2D eigenvalue weighted by Crippen LogP contribution is 2.34. The van der Waals surface area contributed by atoms with E-state index in [0.29, 0.717) is 12.5 Å². The Kier molecular flexibility index (Phi) is 5.18. The van der Waals surface area contributed by atoms with Gasteiger partial charge in [0.15, 0.2) is 0 Å². The summed E-state index contributed by atoms with van der Waals surface area (Å²) in [5.74, 6) is 0.402. The van der Waals surface area contributed by atoms with E-state index in [2.05, 4.69) is 20.5 Å². The van der Waals surface area contributed by atoms with Gasteiger partial charge in [-0.25, -0.2) is 18.5 Å². The van der Waals surface area contributed by atoms with Gasteiger partial charge < -0.3 is 5.32 Å². The number of thiophene rings is 2. The van der Waals surface area contributed by atoms with Crippen LogP contribution in [0, 0.1) is 0 Å². The molecule has 0 bridgehead atoms. The summed E-state index contributed by atoms with van der Waals surface area (Å²) in [5.41, 5.74) is 2.40. The predicted octanol–water partition coefficient (Wildman–Crippen LogP) is 3.59. The minimum Gasteiger partial charge on any atom is -0.349 e. The highest BCUT2D eigenvalue weighted by atomic mass is 32.2. The van der Waals surface area contributed by atoms with E-state index in [1.807, 2.05) is 35.0 Å². The molecule has 142 valence electrons. The fraction of sp³-hybridized carbons (Fsp3) is 0.0556. The minimum absolute atomic E-state index is 0.0782. The molecule has 3 aromatic heterocycles. The SMILES string of the molecule is NS(=O)(=O)c1ccc(CNc2nnc(-c3cccs3)c(-c3cccs3)n2)cc1. The second-order valence-electron chi connectivity index (χ2n) is 5.83. The number of hydrogen-bond donors (Lipinski definition) is 2. The van der Waals surface area contributed by atoms with Crippen LogP contribution in [0.25, 0.3) is 21.1 Å². The lowest BCUT2D eigenvalue weighted by Crippen LogP contribution is -2.12. The first-order chi connectivity index (χ1) is 13.5. The number of anilines is 1. The van der Waals surface area contributed by atoms with E-state index in [1.165, 1.54) is 12.1 Å². The normalized spacial score (nSPS) is 11.5. The summed E-state index contributed by atoms with van der Waals surface area (Å²) in [5, 5.41) is 20.8. The Morgan fingerprint density at radius 2 is 1.54 bits per heavy atom. The average molecular weight is 430 g/mol. The summed E-state index contributed by atoms with van der Waals surface area (Å²) in [6, 6.07) is 14.3. The Balaban J connectivity index is 1.58. The molecule has 3 N–H and O–H groups in total. The van der Waals surface area contributed by atoms with Crippen molar-refractivity contribution in [3.63, 3.8) is 0 Å². The average Bonchev–Trinajstić information content (AvgIpc) is 3.39. The largest absolute Gasteiger partial charge is 0.349 e. The number of benzene rings is 1. The summed E-state index contributed by atoms with van der Waals surface area (Å²) in [7, 11) is -3.70. The van der Waals surface area contributed by atoms with Gasteiger partial charge in [-0.15, -0.1) is 32.9 Å². The Morgan fingerprint density at radius 1 is 0.893 bits per heavy atom. The first-order valence-corrected chi connectivity index (χ1v) is 11.5. The van der Waals surface area contributed by atoms with E-state index in [9.17, 15) is 8.42 Å². The standard InChI is InChI=1S/C18H15N5O2S3/c19-28(24,25)13-7-5-12(6-8-13)11-20-18-21-16(14-3-1-9-26-14)17(22-23-18)15-4-2-10-27-15/h1-10H,11H2,(H2,19,24,25)(H,20,21,23). The van der Waals surface area contributed by atoms with Crippen molar-refractivity contribution in [1.82, 2.24) is 15.2 Å². The quantitative estimate of drug-likeness (QED) is 0.485. The third-order valence-electron chi connectivity index (χ3n) is 3.90. The number of nitrogens with zero attached hydrogens (tertiary/aromatic N) is 3. The maximum atomic E-state index is 11.3. The van der Waals surface area contributed by atoms with Crippen LogP contribution in [0.3, 0.4) is 0 Å². The number of rotatable bonds is 6. The Bertz CT molecular complexity index is 1170. The lowest BCUT2D eigenvalue weighted by molar-refractivity contribution is 0.598. The molecule has 7 nitrogen and oxygen atoms in total. The fourth-order valence-electron chi connectivity index (χ4n) is 2.54. The topological polar surface area (TPSA) is 111 Å². The van der Waals surface area contributed by atoms with Crippen molar-refractivity contribution in [1.29, 1.82) is 0 Å². The lowest BCUT2D eigenvalue weighted by atomic mass is 10.2. The maximum Gasteiger partial charge on any atom is 0.243 e. The lowest BCUT2D eigenvalue weighted by Gasteiger charge is -2.09. The number of primary sulfonamides is 1. The Hall–Kier alpha value is -2.66. The van der Waals surface area contributed by atoms with Crippen LogP contribution in [-0.2, 0) is 16.6 Å². The maximum absolute atomic E-state index is 11.3. The van der Waals surface area contributed by atoms with E-state index < -0.39 is 10.0 Å². The Labute approximate surface area is 170 Å². The minimum atomic E-state index is -3.70. The third kappa shape index (κ3) is 4.09. The molecular weight excluding hydrogens is 414 g/mol. The third-order valence-corrected chi connectivity index (χ3v) is 6.58. The summed E-state index contributed by atoms with van der Waals surface area (Å²) >= 11 is 3.18. The molecule has 3 heterocycles. The van der Waals surface area contributed by atoms with Crippen LogP contribution in [0.2, 0.25) is 0 Å². The van der Waals surface area contributed by atoms with Crippen molar-refractivity contribution in [3.8, 4) is 21.1 Å². The van der Waals surface area contributed by atoms with Crippen LogP contribution in [0.5, 0.6) is 0 Å². The molecular formula is C18H15N5O2S3. The molecule has 0 amide bonds. The fourth-order valence-corrected chi connectivity index (χ4v) is 4.48. The number of sulfonamides is 1. The van der Waals surface area contributed by atoms with Gasteiger partial charge in [-0.2, -0.15) is 0 Å². The van der Waals surface area contributed by atoms with Crippen molar-refractivity contribution in [2.45, 2.75) is 11.4 Å². The molecule has 0 aliphatic rings. The molecule has 0 aliphatic heterocycles. The summed E-state index contributed by atoms with van der Waals surface area (Å²) in [6.45, 7) is 0.425. The van der Waals surface area contributed by atoms with Crippen molar-refractivity contribution in [2.75, 3.05) is 5.32 Å². The van der Waals surface area contributed by atoms with Crippen LogP contribution in [0.15, 0.2) is 64.2 Å². The van der Waals surface area contributed by atoms with Crippen LogP contribution in [0.4, 0.5) is 5.95 Å². The zero-order valence-electron chi connectivity index (χ0n) is 14.4. The molecule has 0 radical (unpaired) electrons. The van der Waals surface area contributed by atoms with Gasteiger partial charge in [-0.3, -0.25) is 0 Å². The van der Waals surface area contributed by atoms with Crippen molar-refractivity contribution in [2.24, 2.45) is 5.14 Å². The van der Waals surface area contributed by atoms with Gasteiger partial charge in [0.25, 0.3) is 0 Å². The van der Waals surface area contributed by atoms with Gasteiger partial charge in [-0.1, -0.05) is 24.3 Å². The molecule has 0 saturated heterocycles. The van der Waals surface area contributed by atoms with Gasteiger partial charge in [0.05, 0.1) is 14.6 Å². The zero-order valence-corrected chi connectivity index (χ0v) is 16.9. The van der Waals surface area contributed by atoms with E-state index in [-0.39, 0.29) is 4.90 Å². The van der Waals surface area contributed by atoms with Crippen molar-refractivity contribution < 1.29 is 8.42 Å². The zero-order chi connectivity index (χ0) is 19.6. The van der Waals surface area contributed by atoms with Gasteiger partial charge in [0.2, 0.25) is 16.0 Å². The van der Waals surface area contributed by atoms with E-state index >= 15 is 0 Å². The molecule has 0 spiro atoms. The van der Waals surface area contributed by atoms with E-state index in [4.69, 9.17) is 5.14 Å². The van der Waals surface area contributed by atoms with Gasteiger partial charge >= 0.3 is 0 Å². The van der Waals surface area contributed by atoms with Crippen LogP contribution >= 0.6 is 22.7 Å². The number of hydrogen-bond acceptors (Lipinski definition) is 8. The van der Waals surface area contributed by atoms with Crippen LogP contribution < -0.4 is 10.5 Å². The van der Waals surface area contributed by atoms with Crippen molar-refractivity contribution >= 4 is 38.6 Å². The van der Waals surface area contributed by atoms with Crippen LogP contribution in [0.1, 0.15) is 5.56 Å². The van der Waals surface area contributed by atoms with E-state index in [1.54, 1.807) is 34.8 Å². The van der Waals surface area contributed by atoms with Crippen molar-refractivity contribution in [3.05, 3.63) is 64.9 Å². The molecule has 1 aromatic carbocycles. The van der Waals surface area contributed by atoms with E-state index in [0.717, 1.165) is 26.7 Å². The molecule has 4 rings (SSSR count). The van der Waals surface area contributed by atoms with Gasteiger partial charge in [0.1, 0.15) is 11.4 Å². The molecule has 0 aliphatic carbocycles. The second kappa shape index (κ2) is 7.76. The first-order valence-electron chi connectivity index (χ1n) is 8.19. The highest BCUT2D eigenvalue weighted by molar-refractivity contribution is 7.89. The highest BCUT2D eigenvalue weighted by Gasteiger charge is 2.15. The second-order valence-corrected chi connectivity index (χ2v) is 9.29. The summed E-state index contributed by atoms with van der Waals surface area (Å²) < 4.78 is 22.7. The summed E-state index contributed by atoms with van der Waals surface area (Å²) in [4.78, 5) is 6.76. The Morgan fingerprint density at radius 3 is 2.11 bits per heavy atom. The molecule has 0 saturated carbocycles. The molecule has 0 unspecified atom stereocenters. The smallest absolute Gasteiger partial charge is 0.243 e. The molecule has 0 atom stereocenters. The van der Waals surface area contributed by atoms with Gasteiger partial charge in [0, 0.05) is 6.54 Å². The predicted molar refractivity (Wildman–Crippen MR) is 112 cm³/mol. The molecule has 4 aromatic rings. The molecule has 0 fully saturated rings. The van der Waals surface area contributed by atoms with Gasteiger partial charge in [-0.05, 0) is 40.6 Å². The first kappa shape index (κ1) is 18.7. The number of nitrogens with one attached hydrogen (secondary N) is 1.